The first-order valence-corrected chi connectivity index (χ1v) is 8.92. The summed E-state index contributed by atoms with van der Waals surface area (Å²) in [7, 11) is 0. The quantitative estimate of drug-likeness (QED) is 0.529. The second-order valence-corrected chi connectivity index (χ2v) is 6.55. The van der Waals surface area contributed by atoms with Crippen LogP contribution in [0.15, 0.2) is 102 Å². The highest BCUT2D eigenvalue weighted by Gasteiger charge is 2.25. The lowest BCUT2D eigenvalue weighted by molar-refractivity contribution is 0.103. The molecule has 0 N–H and O–H groups in total. The number of para-hydroxylation sites is 1. The van der Waals surface area contributed by atoms with Crippen LogP contribution in [-0.2, 0) is 0 Å². The van der Waals surface area contributed by atoms with Gasteiger partial charge in [-0.1, -0.05) is 78.9 Å². The van der Waals surface area contributed by atoms with Gasteiger partial charge in [0.15, 0.2) is 5.78 Å². The summed E-state index contributed by atoms with van der Waals surface area (Å²) in [4.78, 5) is 13.1. The van der Waals surface area contributed by atoms with Gasteiger partial charge in [-0.15, -0.1) is 0 Å². The molecule has 1 aliphatic carbocycles. The van der Waals surface area contributed by atoms with Gasteiger partial charge >= 0.3 is 0 Å². The van der Waals surface area contributed by atoms with Crippen molar-refractivity contribution in [3.8, 4) is 5.75 Å². The Morgan fingerprint density at radius 3 is 2.22 bits per heavy atom. The van der Waals surface area contributed by atoms with Crippen LogP contribution in [0.4, 0.5) is 0 Å². The normalized spacial score (nSPS) is 17.6. The van der Waals surface area contributed by atoms with Gasteiger partial charge in [-0.05, 0) is 34.9 Å². The van der Waals surface area contributed by atoms with Crippen LogP contribution in [0.25, 0.3) is 11.6 Å². The highest BCUT2D eigenvalue weighted by molar-refractivity contribution is 6.16. The second kappa shape index (κ2) is 6.26. The van der Waals surface area contributed by atoms with E-state index in [9.17, 15) is 4.79 Å². The third-order valence-electron chi connectivity index (χ3n) is 4.90. The van der Waals surface area contributed by atoms with E-state index in [1.54, 1.807) is 0 Å². The molecule has 0 aromatic heterocycles. The maximum Gasteiger partial charge on any atom is 0.197 e. The van der Waals surface area contributed by atoms with Crippen LogP contribution in [0.2, 0.25) is 0 Å². The number of hydrogen-bond acceptors (Lipinski definition) is 2. The minimum absolute atomic E-state index is 0.00820. The minimum Gasteiger partial charge on any atom is -0.456 e. The summed E-state index contributed by atoms with van der Waals surface area (Å²) < 4.78 is 6.14. The number of hydrogen-bond donors (Lipinski definition) is 0. The minimum atomic E-state index is -0.00820. The molecule has 0 bridgehead atoms. The van der Waals surface area contributed by atoms with Gasteiger partial charge in [0.2, 0.25) is 0 Å². The van der Waals surface area contributed by atoms with Crippen LogP contribution in [0.5, 0.6) is 5.75 Å². The Morgan fingerprint density at radius 1 is 0.667 bits per heavy atom. The summed E-state index contributed by atoms with van der Waals surface area (Å²) in [5.41, 5.74) is 5.41. The van der Waals surface area contributed by atoms with E-state index in [2.05, 4.69) is 12.1 Å². The third-order valence-corrected chi connectivity index (χ3v) is 4.90. The molecule has 0 fully saturated rings. The molecule has 2 aliphatic rings. The van der Waals surface area contributed by atoms with Gasteiger partial charge in [-0.2, -0.15) is 0 Å². The fourth-order valence-electron chi connectivity index (χ4n) is 3.56. The Morgan fingerprint density at radius 2 is 1.37 bits per heavy atom. The monoisotopic (exact) mass is 348 g/mol. The Balaban J connectivity index is 1.71. The predicted molar refractivity (Wildman–Crippen MR) is 107 cm³/mol. The second-order valence-electron chi connectivity index (χ2n) is 6.55. The van der Waals surface area contributed by atoms with Crippen molar-refractivity contribution in [1.29, 1.82) is 0 Å². The molecule has 27 heavy (non-hydrogen) atoms. The number of Topliss-reactive ketones (excluding diaryl/α,β-unsaturated/α-hetero) is 1. The highest BCUT2D eigenvalue weighted by Crippen LogP contribution is 2.39. The van der Waals surface area contributed by atoms with Crippen molar-refractivity contribution in [2.24, 2.45) is 0 Å². The van der Waals surface area contributed by atoms with Crippen LogP contribution < -0.4 is 4.74 Å². The van der Waals surface area contributed by atoms with E-state index in [0.717, 1.165) is 28.0 Å². The molecule has 0 radical (unpaired) electrons. The smallest absolute Gasteiger partial charge is 0.197 e. The van der Waals surface area contributed by atoms with E-state index in [0.29, 0.717) is 16.9 Å². The Hall–Kier alpha value is -3.65. The number of carbonyl (C=O) groups is 1. The van der Waals surface area contributed by atoms with Crippen LogP contribution in [-0.4, -0.2) is 5.78 Å². The molecular formula is C25H16O2. The van der Waals surface area contributed by atoms with Gasteiger partial charge in [0.25, 0.3) is 0 Å². The SMILES string of the molecule is O=C1/C(=C2\C=C(c3ccccc3)c3ccccc3O2)C=Cc2ccccc21. The fraction of sp³-hybridized carbons (Fsp3) is 0. The van der Waals surface area contributed by atoms with E-state index in [4.69, 9.17) is 4.74 Å². The standard InChI is InChI=1S/C25H16O2/c26-25-19-11-5-4-10-18(19)14-15-21(25)24-16-22(17-8-2-1-3-9-17)20-12-6-7-13-23(20)27-24/h1-16H/b24-21+. The molecule has 0 unspecified atom stereocenters. The van der Waals surface area contributed by atoms with Gasteiger partial charge in [0, 0.05) is 11.1 Å². The molecule has 0 spiro atoms. The van der Waals surface area contributed by atoms with Crippen molar-refractivity contribution < 1.29 is 9.53 Å². The number of benzene rings is 3. The average molecular weight is 348 g/mol. The Bertz CT molecular complexity index is 1150. The van der Waals surface area contributed by atoms with Crippen LogP contribution >= 0.6 is 0 Å². The van der Waals surface area contributed by atoms with E-state index in [1.165, 1.54) is 0 Å². The van der Waals surface area contributed by atoms with E-state index >= 15 is 0 Å². The predicted octanol–water partition coefficient (Wildman–Crippen LogP) is 5.67. The number of ketones is 1. The van der Waals surface area contributed by atoms with Crippen LogP contribution in [0.1, 0.15) is 27.0 Å². The summed E-state index contributed by atoms with van der Waals surface area (Å²) >= 11 is 0. The molecule has 5 rings (SSSR count). The molecule has 3 aromatic rings. The molecule has 0 saturated carbocycles. The first-order valence-electron chi connectivity index (χ1n) is 8.92. The summed E-state index contributed by atoms with van der Waals surface area (Å²) in [5, 5.41) is 0. The Kier molecular flexibility index (Phi) is 3.61. The number of allylic oxidation sites excluding steroid dienone is 3. The number of ether oxygens (including phenoxy) is 1. The van der Waals surface area contributed by atoms with Crippen molar-refractivity contribution in [3.05, 3.63) is 125 Å². The molecule has 128 valence electrons. The van der Waals surface area contributed by atoms with Gasteiger partial charge in [0.1, 0.15) is 11.5 Å². The van der Waals surface area contributed by atoms with Crippen molar-refractivity contribution in [3.63, 3.8) is 0 Å². The summed E-state index contributed by atoms with van der Waals surface area (Å²) in [5.74, 6) is 1.34. The maximum absolute atomic E-state index is 13.1. The molecule has 0 amide bonds. The molecule has 0 atom stereocenters. The van der Waals surface area contributed by atoms with Crippen molar-refractivity contribution >= 4 is 17.4 Å². The first kappa shape index (κ1) is 15.6. The van der Waals surface area contributed by atoms with Crippen molar-refractivity contribution in [1.82, 2.24) is 0 Å². The van der Waals surface area contributed by atoms with Crippen molar-refractivity contribution in [2.45, 2.75) is 0 Å². The van der Waals surface area contributed by atoms with E-state index in [-0.39, 0.29) is 5.78 Å². The first-order chi connectivity index (χ1) is 13.3. The number of carbonyl (C=O) groups excluding carboxylic acids is 1. The largest absolute Gasteiger partial charge is 0.456 e. The lowest BCUT2D eigenvalue weighted by Crippen LogP contribution is -2.14. The highest BCUT2D eigenvalue weighted by atomic mass is 16.5. The Labute approximate surface area is 157 Å². The summed E-state index contributed by atoms with van der Waals surface area (Å²) in [6.07, 6.45) is 5.80. The zero-order valence-electron chi connectivity index (χ0n) is 14.6. The lowest BCUT2D eigenvalue weighted by atomic mass is 9.89. The molecular weight excluding hydrogens is 332 g/mol. The molecule has 1 heterocycles. The van der Waals surface area contributed by atoms with Crippen LogP contribution in [0, 0.1) is 0 Å². The van der Waals surface area contributed by atoms with Crippen molar-refractivity contribution in [2.75, 3.05) is 0 Å². The molecule has 1 aliphatic heterocycles. The average Bonchev–Trinajstić information content (AvgIpc) is 2.74. The fourth-order valence-corrected chi connectivity index (χ4v) is 3.56. The summed E-state index contributed by atoms with van der Waals surface area (Å²) in [6, 6.07) is 25.8. The topological polar surface area (TPSA) is 26.3 Å². The third kappa shape index (κ3) is 2.63. The number of fused-ring (bicyclic) bond motifs is 2. The molecule has 0 saturated heterocycles. The molecule has 3 aromatic carbocycles. The summed E-state index contributed by atoms with van der Waals surface area (Å²) in [6.45, 7) is 0. The van der Waals surface area contributed by atoms with E-state index in [1.807, 2.05) is 85.0 Å². The van der Waals surface area contributed by atoms with E-state index < -0.39 is 0 Å². The maximum atomic E-state index is 13.1. The van der Waals surface area contributed by atoms with Gasteiger partial charge < -0.3 is 4.74 Å². The molecule has 2 heteroatoms. The zero-order valence-corrected chi connectivity index (χ0v) is 14.6. The van der Waals surface area contributed by atoms with Gasteiger partial charge in [0.05, 0.1) is 5.57 Å². The zero-order chi connectivity index (χ0) is 18.2. The van der Waals surface area contributed by atoms with Gasteiger partial charge in [-0.3, -0.25) is 4.79 Å². The number of rotatable bonds is 1. The van der Waals surface area contributed by atoms with Gasteiger partial charge in [-0.25, -0.2) is 0 Å². The van der Waals surface area contributed by atoms with Crippen LogP contribution in [0.3, 0.4) is 0 Å². The lowest BCUT2D eigenvalue weighted by Gasteiger charge is -2.23. The molecule has 2 nitrogen and oxygen atoms in total.